The largest absolute Gasteiger partial charge is 0.479 e. The monoisotopic (exact) mass is 294 g/mol. The first-order valence-corrected chi connectivity index (χ1v) is 6.50. The lowest BCUT2D eigenvalue weighted by Crippen LogP contribution is -2.30. The van der Waals surface area contributed by atoms with Crippen LogP contribution in [0.4, 0.5) is 5.82 Å². The molecule has 0 unspecified atom stereocenters. The normalized spacial score (nSPS) is 12.0. The fourth-order valence-electron chi connectivity index (χ4n) is 1.60. The first-order chi connectivity index (χ1) is 9.45. The number of amides is 1. The number of rotatable bonds is 4. The summed E-state index contributed by atoms with van der Waals surface area (Å²) in [7, 11) is 0. The van der Waals surface area contributed by atoms with Gasteiger partial charge in [0, 0.05) is 6.07 Å². The minimum Gasteiger partial charge on any atom is -0.479 e. The standard InChI is InChI=1S/C14H15ClN2O3/c1-8-4-5-11(15)12(6-8)19-10(3)14(18)16-13-7-9(2)20-17-13/h4-7,10H,1-3H3,(H,16,17,18)/t10-/m0/s1. The highest BCUT2D eigenvalue weighted by Gasteiger charge is 2.17. The minimum absolute atomic E-state index is 0.323. The molecule has 1 amide bonds. The maximum Gasteiger partial charge on any atom is 0.266 e. The Labute approximate surface area is 121 Å². The van der Waals surface area contributed by atoms with Crippen LogP contribution in [0.2, 0.25) is 5.02 Å². The summed E-state index contributed by atoms with van der Waals surface area (Å²) >= 11 is 6.02. The number of aryl methyl sites for hydroxylation is 2. The maximum absolute atomic E-state index is 12.0. The molecule has 0 saturated carbocycles. The number of benzene rings is 1. The molecule has 20 heavy (non-hydrogen) atoms. The van der Waals surface area contributed by atoms with Crippen molar-refractivity contribution >= 4 is 23.3 Å². The van der Waals surface area contributed by atoms with E-state index in [-0.39, 0.29) is 5.91 Å². The van der Waals surface area contributed by atoms with E-state index in [0.717, 1.165) is 5.56 Å². The van der Waals surface area contributed by atoms with Crippen LogP contribution >= 0.6 is 11.6 Å². The number of ether oxygens (including phenoxy) is 1. The predicted molar refractivity (Wildman–Crippen MR) is 76.1 cm³/mol. The molecule has 2 rings (SSSR count). The summed E-state index contributed by atoms with van der Waals surface area (Å²) in [6.07, 6.45) is -0.702. The Morgan fingerprint density at radius 1 is 1.40 bits per heavy atom. The maximum atomic E-state index is 12.0. The van der Waals surface area contributed by atoms with Crippen LogP contribution in [0.1, 0.15) is 18.2 Å². The molecule has 0 saturated heterocycles. The molecule has 0 radical (unpaired) electrons. The number of aromatic nitrogens is 1. The van der Waals surface area contributed by atoms with Crippen molar-refractivity contribution in [1.29, 1.82) is 0 Å². The van der Waals surface area contributed by atoms with Crippen LogP contribution < -0.4 is 10.1 Å². The van der Waals surface area contributed by atoms with E-state index in [2.05, 4.69) is 10.5 Å². The topological polar surface area (TPSA) is 64.4 Å². The van der Waals surface area contributed by atoms with Gasteiger partial charge in [-0.1, -0.05) is 22.8 Å². The van der Waals surface area contributed by atoms with Gasteiger partial charge in [-0.2, -0.15) is 0 Å². The Kier molecular flexibility index (Phi) is 4.29. The Balaban J connectivity index is 2.02. The molecule has 0 spiro atoms. The van der Waals surface area contributed by atoms with Crippen LogP contribution in [0.5, 0.6) is 5.75 Å². The summed E-state index contributed by atoms with van der Waals surface area (Å²) in [5.41, 5.74) is 1.00. The van der Waals surface area contributed by atoms with Crippen molar-refractivity contribution in [3.8, 4) is 5.75 Å². The van der Waals surface area contributed by atoms with Crippen LogP contribution in [-0.4, -0.2) is 17.2 Å². The Morgan fingerprint density at radius 2 is 2.15 bits per heavy atom. The van der Waals surface area contributed by atoms with E-state index < -0.39 is 6.10 Å². The predicted octanol–water partition coefficient (Wildman–Crippen LogP) is 3.35. The van der Waals surface area contributed by atoms with Gasteiger partial charge in [-0.3, -0.25) is 4.79 Å². The molecule has 0 aliphatic carbocycles. The molecule has 2 aromatic rings. The smallest absolute Gasteiger partial charge is 0.266 e. The fraction of sp³-hybridized carbons (Fsp3) is 0.286. The zero-order chi connectivity index (χ0) is 14.7. The molecule has 1 aromatic carbocycles. The van der Waals surface area contributed by atoms with E-state index in [1.54, 1.807) is 32.0 Å². The molecular weight excluding hydrogens is 280 g/mol. The van der Waals surface area contributed by atoms with Gasteiger partial charge < -0.3 is 14.6 Å². The van der Waals surface area contributed by atoms with E-state index in [1.807, 2.05) is 13.0 Å². The summed E-state index contributed by atoms with van der Waals surface area (Å²) < 4.78 is 10.4. The summed E-state index contributed by atoms with van der Waals surface area (Å²) in [6.45, 7) is 5.31. The molecule has 1 heterocycles. The first-order valence-electron chi connectivity index (χ1n) is 6.12. The van der Waals surface area contributed by atoms with Crippen molar-refractivity contribution in [3.63, 3.8) is 0 Å². The highest BCUT2D eigenvalue weighted by Crippen LogP contribution is 2.26. The average Bonchev–Trinajstić information content (AvgIpc) is 2.79. The van der Waals surface area contributed by atoms with Gasteiger partial charge in [0.2, 0.25) is 0 Å². The van der Waals surface area contributed by atoms with Gasteiger partial charge in [0.25, 0.3) is 5.91 Å². The molecular formula is C14H15ClN2O3. The molecule has 0 aliphatic heterocycles. The van der Waals surface area contributed by atoms with E-state index in [0.29, 0.717) is 22.4 Å². The number of halogens is 1. The van der Waals surface area contributed by atoms with Crippen molar-refractivity contribution in [2.24, 2.45) is 0 Å². The van der Waals surface area contributed by atoms with Crippen molar-refractivity contribution in [2.45, 2.75) is 26.9 Å². The molecule has 106 valence electrons. The number of nitrogens with zero attached hydrogens (tertiary/aromatic N) is 1. The molecule has 1 aromatic heterocycles. The van der Waals surface area contributed by atoms with Crippen molar-refractivity contribution in [2.75, 3.05) is 5.32 Å². The zero-order valence-corrected chi connectivity index (χ0v) is 12.2. The highest BCUT2D eigenvalue weighted by molar-refractivity contribution is 6.32. The van der Waals surface area contributed by atoms with Gasteiger partial charge in [0.1, 0.15) is 11.5 Å². The van der Waals surface area contributed by atoms with Gasteiger partial charge >= 0.3 is 0 Å². The zero-order valence-electron chi connectivity index (χ0n) is 11.4. The van der Waals surface area contributed by atoms with Gasteiger partial charge in [-0.25, -0.2) is 0 Å². The lowest BCUT2D eigenvalue weighted by Gasteiger charge is -2.15. The number of nitrogens with one attached hydrogen (secondary N) is 1. The molecule has 6 heteroatoms. The van der Waals surface area contributed by atoms with Crippen LogP contribution in [0.3, 0.4) is 0 Å². The van der Waals surface area contributed by atoms with Crippen LogP contribution in [-0.2, 0) is 4.79 Å². The van der Waals surface area contributed by atoms with E-state index in [4.69, 9.17) is 20.9 Å². The first kappa shape index (κ1) is 14.4. The van der Waals surface area contributed by atoms with Gasteiger partial charge in [-0.15, -0.1) is 0 Å². The summed E-state index contributed by atoms with van der Waals surface area (Å²) in [6, 6.07) is 7.02. The highest BCUT2D eigenvalue weighted by atomic mass is 35.5. The van der Waals surface area contributed by atoms with Crippen molar-refractivity contribution < 1.29 is 14.1 Å². The molecule has 0 fully saturated rings. The molecule has 0 aliphatic rings. The van der Waals surface area contributed by atoms with Crippen LogP contribution in [0, 0.1) is 13.8 Å². The number of hydrogen-bond donors (Lipinski definition) is 1. The quantitative estimate of drug-likeness (QED) is 0.939. The van der Waals surface area contributed by atoms with E-state index >= 15 is 0 Å². The molecule has 0 bridgehead atoms. The number of hydrogen-bond acceptors (Lipinski definition) is 4. The number of anilines is 1. The third-order valence-corrected chi connectivity index (χ3v) is 2.95. The lowest BCUT2D eigenvalue weighted by molar-refractivity contribution is -0.122. The lowest BCUT2D eigenvalue weighted by atomic mass is 10.2. The van der Waals surface area contributed by atoms with Crippen LogP contribution in [0.25, 0.3) is 0 Å². The third-order valence-electron chi connectivity index (χ3n) is 2.64. The SMILES string of the molecule is Cc1ccc(Cl)c(O[C@@H](C)C(=O)Nc2cc(C)on2)c1. The Morgan fingerprint density at radius 3 is 2.80 bits per heavy atom. The van der Waals surface area contributed by atoms with Crippen molar-refractivity contribution in [3.05, 3.63) is 40.6 Å². The van der Waals surface area contributed by atoms with Gasteiger partial charge in [-0.05, 0) is 38.5 Å². The molecule has 5 nitrogen and oxygen atoms in total. The second-order valence-electron chi connectivity index (χ2n) is 4.51. The minimum atomic E-state index is -0.702. The van der Waals surface area contributed by atoms with E-state index in [9.17, 15) is 4.79 Å². The molecule has 1 N–H and O–H groups in total. The van der Waals surface area contributed by atoms with Crippen molar-refractivity contribution in [1.82, 2.24) is 5.16 Å². The second-order valence-corrected chi connectivity index (χ2v) is 4.91. The molecule has 1 atom stereocenters. The van der Waals surface area contributed by atoms with Gasteiger partial charge in [0.05, 0.1) is 5.02 Å². The van der Waals surface area contributed by atoms with Crippen LogP contribution in [0.15, 0.2) is 28.8 Å². The summed E-state index contributed by atoms with van der Waals surface area (Å²) in [5, 5.41) is 6.76. The third kappa shape index (κ3) is 3.51. The Bertz CT molecular complexity index is 625. The number of carbonyl (C=O) groups excluding carboxylic acids is 1. The fourth-order valence-corrected chi connectivity index (χ4v) is 1.76. The second kappa shape index (κ2) is 5.96. The Hall–Kier alpha value is -2.01. The summed E-state index contributed by atoms with van der Waals surface area (Å²) in [4.78, 5) is 12.0. The number of carbonyl (C=O) groups is 1. The summed E-state index contributed by atoms with van der Waals surface area (Å²) in [5.74, 6) is 1.13. The van der Waals surface area contributed by atoms with Gasteiger partial charge in [0.15, 0.2) is 11.9 Å². The average molecular weight is 295 g/mol. The van der Waals surface area contributed by atoms with E-state index in [1.165, 1.54) is 0 Å².